The highest BCUT2D eigenvalue weighted by Crippen LogP contribution is 2.21. The largest absolute Gasteiger partial charge is 0.489 e. The number of hydrogen-bond acceptors (Lipinski definition) is 2. The van der Waals surface area contributed by atoms with Crippen LogP contribution < -0.4 is 4.74 Å². The highest BCUT2D eigenvalue weighted by Gasteiger charge is 2.01. The van der Waals surface area contributed by atoms with Crippen molar-refractivity contribution in [2.45, 2.75) is 6.61 Å². The first kappa shape index (κ1) is 12.4. The van der Waals surface area contributed by atoms with Gasteiger partial charge in [-0.15, -0.1) is 0 Å². The van der Waals surface area contributed by atoms with Gasteiger partial charge >= 0.3 is 0 Å². The molecule has 98 valence electrons. The average molecular weight is 261 g/mol. The Labute approximate surface area is 118 Å². The van der Waals surface area contributed by atoms with Crippen LogP contribution in [-0.4, -0.2) is 4.98 Å². The molecule has 20 heavy (non-hydrogen) atoms. The number of pyridine rings is 1. The van der Waals surface area contributed by atoms with Crippen molar-refractivity contribution in [1.29, 1.82) is 0 Å². The summed E-state index contributed by atoms with van der Waals surface area (Å²) in [5.41, 5.74) is 3.18. The van der Waals surface area contributed by atoms with Crippen LogP contribution in [-0.2, 0) is 6.61 Å². The molecule has 0 bridgehead atoms. The highest BCUT2D eigenvalue weighted by atomic mass is 16.5. The molecule has 0 aliphatic carbocycles. The van der Waals surface area contributed by atoms with Gasteiger partial charge in [-0.1, -0.05) is 60.7 Å². The van der Waals surface area contributed by atoms with Crippen molar-refractivity contribution >= 4 is 0 Å². The van der Waals surface area contributed by atoms with Gasteiger partial charge in [-0.05, 0) is 11.6 Å². The molecule has 3 aromatic rings. The Morgan fingerprint density at radius 2 is 1.50 bits per heavy atom. The molecule has 0 spiro atoms. The van der Waals surface area contributed by atoms with Gasteiger partial charge in [0, 0.05) is 17.8 Å². The number of aromatic nitrogens is 1. The molecule has 0 N–H and O–H groups in total. The summed E-state index contributed by atoms with van der Waals surface area (Å²) < 4.78 is 5.81. The summed E-state index contributed by atoms with van der Waals surface area (Å²) in [5, 5.41) is 0. The maximum absolute atomic E-state index is 5.81. The molecule has 0 saturated heterocycles. The summed E-state index contributed by atoms with van der Waals surface area (Å²) in [6, 6.07) is 24.1. The van der Waals surface area contributed by atoms with Gasteiger partial charge in [-0.2, -0.15) is 0 Å². The lowest BCUT2D eigenvalue weighted by Crippen LogP contribution is -1.95. The maximum Gasteiger partial charge on any atom is 0.123 e. The molecular formula is C18H15NO. The minimum Gasteiger partial charge on any atom is -0.489 e. The van der Waals surface area contributed by atoms with Gasteiger partial charge in [0.25, 0.3) is 0 Å². The highest BCUT2D eigenvalue weighted by molar-refractivity contribution is 5.60. The third-order valence-corrected chi connectivity index (χ3v) is 3.05. The molecule has 2 aromatic carbocycles. The van der Waals surface area contributed by atoms with Crippen molar-refractivity contribution in [3.63, 3.8) is 0 Å². The number of benzene rings is 2. The third-order valence-electron chi connectivity index (χ3n) is 3.05. The third kappa shape index (κ3) is 3.04. The average Bonchev–Trinajstić information content (AvgIpc) is 2.55. The molecule has 2 nitrogen and oxygen atoms in total. The minimum atomic E-state index is 0.569. The fraction of sp³-hybridized carbons (Fsp3) is 0.0556. The molecule has 0 aliphatic rings. The molecule has 0 saturated carbocycles. The normalized spacial score (nSPS) is 10.2. The lowest BCUT2D eigenvalue weighted by molar-refractivity contribution is 0.306. The Morgan fingerprint density at radius 3 is 2.25 bits per heavy atom. The smallest absolute Gasteiger partial charge is 0.123 e. The first-order chi connectivity index (χ1) is 9.92. The number of hydrogen-bond donors (Lipinski definition) is 0. The van der Waals surface area contributed by atoms with Crippen molar-refractivity contribution in [2.75, 3.05) is 0 Å². The monoisotopic (exact) mass is 261 g/mol. The van der Waals surface area contributed by atoms with E-state index in [4.69, 9.17) is 4.74 Å². The Kier molecular flexibility index (Phi) is 3.74. The van der Waals surface area contributed by atoms with Crippen LogP contribution in [0.1, 0.15) is 5.56 Å². The molecule has 2 heteroatoms. The van der Waals surface area contributed by atoms with Crippen molar-refractivity contribution in [3.05, 3.63) is 84.6 Å². The summed E-state index contributed by atoms with van der Waals surface area (Å²) in [5.74, 6) is 0.836. The van der Waals surface area contributed by atoms with Gasteiger partial charge < -0.3 is 4.74 Å². The Hall–Kier alpha value is -2.61. The lowest BCUT2D eigenvalue weighted by atomic mass is 10.1. The fourth-order valence-electron chi connectivity index (χ4n) is 2.01. The van der Waals surface area contributed by atoms with Crippen molar-refractivity contribution < 1.29 is 4.74 Å². The van der Waals surface area contributed by atoms with Gasteiger partial charge in [0.1, 0.15) is 12.4 Å². The first-order valence-electron chi connectivity index (χ1n) is 6.60. The Balaban J connectivity index is 1.75. The molecule has 3 rings (SSSR count). The molecule has 0 fully saturated rings. The maximum atomic E-state index is 5.81. The number of ether oxygens (including phenoxy) is 1. The molecule has 0 unspecified atom stereocenters. The quantitative estimate of drug-likeness (QED) is 0.697. The van der Waals surface area contributed by atoms with E-state index in [0.717, 1.165) is 22.6 Å². The molecule has 0 atom stereocenters. The summed E-state index contributed by atoms with van der Waals surface area (Å²) in [7, 11) is 0. The van der Waals surface area contributed by atoms with Gasteiger partial charge in [0.2, 0.25) is 0 Å². The van der Waals surface area contributed by atoms with E-state index in [-0.39, 0.29) is 0 Å². The van der Waals surface area contributed by atoms with Gasteiger partial charge in [-0.3, -0.25) is 4.98 Å². The Bertz CT molecular complexity index is 665. The van der Waals surface area contributed by atoms with Crippen LogP contribution in [0.2, 0.25) is 0 Å². The second kappa shape index (κ2) is 6.02. The zero-order chi connectivity index (χ0) is 13.6. The summed E-state index contributed by atoms with van der Waals surface area (Å²) in [6.45, 7) is 0.569. The van der Waals surface area contributed by atoms with Crippen LogP contribution in [0.4, 0.5) is 0 Å². The molecule has 0 radical (unpaired) electrons. The van der Waals surface area contributed by atoms with Crippen LogP contribution in [0.3, 0.4) is 0 Å². The van der Waals surface area contributed by atoms with E-state index in [2.05, 4.69) is 17.1 Å². The minimum absolute atomic E-state index is 0.569. The van der Waals surface area contributed by atoms with Crippen LogP contribution in [0, 0.1) is 0 Å². The predicted octanol–water partition coefficient (Wildman–Crippen LogP) is 4.33. The Morgan fingerprint density at radius 1 is 0.800 bits per heavy atom. The standard InChI is InChI=1S/C18H15NO/c1-3-7-15(8-4-1)14-20-17-11-12-19-18(13-17)16-9-5-2-6-10-16/h1-13H,14H2. The topological polar surface area (TPSA) is 22.1 Å². The van der Waals surface area contributed by atoms with E-state index >= 15 is 0 Å². The van der Waals surface area contributed by atoms with Gasteiger partial charge in [0.05, 0.1) is 5.69 Å². The van der Waals surface area contributed by atoms with Crippen molar-refractivity contribution in [2.24, 2.45) is 0 Å². The zero-order valence-corrected chi connectivity index (χ0v) is 11.1. The first-order valence-corrected chi connectivity index (χ1v) is 6.60. The van der Waals surface area contributed by atoms with E-state index < -0.39 is 0 Å². The van der Waals surface area contributed by atoms with Gasteiger partial charge in [0.15, 0.2) is 0 Å². The zero-order valence-electron chi connectivity index (χ0n) is 11.1. The van der Waals surface area contributed by atoms with Crippen LogP contribution in [0.15, 0.2) is 79.0 Å². The summed E-state index contributed by atoms with van der Waals surface area (Å²) >= 11 is 0. The van der Waals surface area contributed by atoms with E-state index in [1.54, 1.807) is 6.20 Å². The molecule has 0 aliphatic heterocycles. The summed E-state index contributed by atoms with van der Waals surface area (Å²) in [4.78, 5) is 4.38. The van der Waals surface area contributed by atoms with Crippen LogP contribution in [0.5, 0.6) is 5.75 Å². The van der Waals surface area contributed by atoms with Gasteiger partial charge in [-0.25, -0.2) is 0 Å². The SMILES string of the molecule is c1ccc(COc2ccnc(-c3ccccc3)c2)cc1. The predicted molar refractivity (Wildman–Crippen MR) is 80.4 cm³/mol. The molecule has 1 aromatic heterocycles. The molecular weight excluding hydrogens is 246 g/mol. The lowest BCUT2D eigenvalue weighted by Gasteiger charge is -2.07. The van der Waals surface area contributed by atoms with Crippen LogP contribution in [0.25, 0.3) is 11.3 Å². The second-order valence-corrected chi connectivity index (χ2v) is 4.52. The van der Waals surface area contributed by atoms with Crippen LogP contribution >= 0.6 is 0 Å². The fourth-order valence-corrected chi connectivity index (χ4v) is 2.01. The van der Waals surface area contributed by atoms with E-state index in [9.17, 15) is 0 Å². The van der Waals surface area contributed by atoms with Crippen molar-refractivity contribution in [1.82, 2.24) is 4.98 Å². The van der Waals surface area contributed by atoms with E-state index in [0.29, 0.717) is 6.61 Å². The van der Waals surface area contributed by atoms with E-state index in [1.165, 1.54) is 0 Å². The summed E-state index contributed by atoms with van der Waals surface area (Å²) in [6.07, 6.45) is 1.78. The number of nitrogens with zero attached hydrogens (tertiary/aromatic N) is 1. The van der Waals surface area contributed by atoms with Crippen molar-refractivity contribution in [3.8, 4) is 17.0 Å². The second-order valence-electron chi connectivity index (χ2n) is 4.52. The molecule has 0 amide bonds. The van der Waals surface area contributed by atoms with E-state index in [1.807, 2.05) is 60.7 Å². The molecule has 1 heterocycles. The number of rotatable bonds is 4.